The van der Waals surface area contributed by atoms with Crippen LogP contribution in [0.4, 0.5) is 0 Å². The lowest BCUT2D eigenvalue weighted by molar-refractivity contribution is -0.143. The van der Waals surface area contributed by atoms with Crippen molar-refractivity contribution in [2.24, 2.45) is 27.9 Å². The Balaban J connectivity index is 5.50. The minimum Gasteiger partial charge on any atom is -0.480 e. The molecule has 0 spiro atoms. The van der Waals surface area contributed by atoms with E-state index in [4.69, 9.17) is 33.1 Å². The van der Waals surface area contributed by atoms with Gasteiger partial charge in [0.2, 0.25) is 23.6 Å². The Kier molecular flexibility index (Phi) is 15.0. The van der Waals surface area contributed by atoms with Crippen LogP contribution in [0.1, 0.15) is 25.7 Å². The molecule has 0 aromatic carbocycles. The Morgan fingerprint density at radius 3 is 1.97 bits per heavy atom. The van der Waals surface area contributed by atoms with E-state index in [0.717, 1.165) is 0 Å². The largest absolute Gasteiger partial charge is 0.480 e. The molecule has 0 saturated carbocycles. The Morgan fingerprint density at radius 2 is 1.47 bits per heavy atom. The highest BCUT2D eigenvalue weighted by Crippen LogP contribution is 2.04. The molecule has 4 unspecified atom stereocenters. The van der Waals surface area contributed by atoms with Gasteiger partial charge in [0.1, 0.15) is 18.1 Å². The van der Waals surface area contributed by atoms with E-state index in [1.807, 2.05) is 6.26 Å². The SMILES string of the molecule is CSCCC(N)C(=O)NC(CC(N)=O)C(=O)NC(CCCN=C(N)N)C(=O)NC(CO)C(=O)O. The number of primary amides is 1. The molecule has 15 nitrogen and oxygen atoms in total. The third kappa shape index (κ3) is 12.8. The summed E-state index contributed by atoms with van der Waals surface area (Å²) in [5, 5.41) is 25.0. The molecule has 13 N–H and O–H groups in total. The van der Waals surface area contributed by atoms with E-state index in [-0.39, 0.29) is 25.3 Å². The van der Waals surface area contributed by atoms with E-state index in [1.165, 1.54) is 11.8 Å². The summed E-state index contributed by atoms with van der Waals surface area (Å²) in [4.78, 5) is 64.0. The van der Waals surface area contributed by atoms with Crippen molar-refractivity contribution in [1.29, 1.82) is 0 Å². The summed E-state index contributed by atoms with van der Waals surface area (Å²) in [6.07, 6.45) is 1.77. The molecular weight excluding hydrogens is 472 g/mol. The molecule has 0 aliphatic heterocycles. The molecular formula is C18H34N8O7S. The number of amides is 4. The Hall–Kier alpha value is -3.11. The van der Waals surface area contributed by atoms with Crippen LogP contribution in [-0.4, -0.2) is 95.1 Å². The summed E-state index contributed by atoms with van der Waals surface area (Å²) in [7, 11) is 0. The van der Waals surface area contributed by atoms with Crippen molar-refractivity contribution < 1.29 is 34.2 Å². The first-order valence-electron chi connectivity index (χ1n) is 10.3. The number of aliphatic hydroxyl groups is 1. The lowest BCUT2D eigenvalue weighted by Gasteiger charge is -2.24. The number of carbonyl (C=O) groups excluding carboxylic acids is 4. The molecule has 0 aliphatic carbocycles. The fourth-order valence-corrected chi connectivity index (χ4v) is 3.06. The van der Waals surface area contributed by atoms with Crippen molar-refractivity contribution >= 4 is 47.3 Å². The quantitative estimate of drug-likeness (QED) is 0.0515. The molecule has 0 rings (SSSR count). The number of hydrogen-bond donors (Lipinski definition) is 9. The number of nitrogens with two attached hydrogens (primary N) is 4. The fourth-order valence-electron chi connectivity index (χ4n) is 2.57. The van der Waals surface area contributed by atoms with Crippen LogP contribution < -0.4 is 38.9 Å². The maximum absolute atomic E-state index is 12.8. The van der Waals surface area contributed by atoms with E-state index in [2.05, 4.69) is 20.9 Å². The standard InChI is InChI=1S/C18H34N8O7S/c1-34-6-4-9(19)14(29)25-11(7-13(20)28)16(31)24-10(3-2-5-23-18(21)22)15(30)26-12(8-27)17(32)33/h9-12,27H,2-8,19H2,1H3,(H2,20,28)(H,24,31)(H,25,29)(H,26,30)(H,32,33)(H4,21,22,23). The molecule has 0 aromatic rings. The van der Waals surface area contributed by atoms with E-state index in [9.17, 15) is 24.0 Å². The van der Waals surface area contributed by atoms with Gasteiger partial charge in [-0.15, -0.1) is 0 Å². The zero-order valence-corrected chi connectivity index (χ0v) is 19.7. The van der Waals surface area contributed by atoms with Crippen LogP contribution in [0.15, 0.2) is 4.99 Å². The van der Waals surface area contributed by atoms with Crippen LogP contribution in [0.5, 0.6) is 0 Å². The van der Waals surface area contributed by atoms with E-state index in [1.54, 1.807) is 0 Å². The molecule has 0 heterocycles. The maximum Gasteiger partial charge on any atom is 0.328 e. The van der Waals surface area contributed by atoms with E-state index >= 15 is 0 Å². The maximum atomic E-state index is 12.8. The van der Waals surface area contributed by atoms with Crippen molar-refractivity contribution in [2.45, 2.75) is 49.9 Å². The number of hydrogen-bond acceptors (Lipinski definition) is 9. The smallest absolute Gasteiger partial charge is 0.328 e. The van der Waals surface area contributed by atoms with Crippen LogP contribution in [0.25, 0.3) is 0 Å². The molecule has 0 aliphatic rings. The highest BCUT2D eigenvalue weighted by atomic mass is 32.2. The van der Waals surface area contributed by atoms with Gasteiger partial charge in [0.15, 0.2) is 5.96 Å². The van der Waals surface area contributed by atoms with Gasteiger partial charge in [-0.2, -0.15) is 11.8 Å². The molecule has 4 amide bonds. The first kappa shape index (κ1) is 30.9. The second-order valence-corrected chi connectivity index (χ2v) is 8.20. The van der Waals surface area contributed by atoms with Gasteiger partial charge in [0.05, 0.1) is 19.1 Å². The van der Waals surface area contributed by atoms with Gasteiger partial charge in [-0.1, -0.05) is 0 Å². The third-order valence-corrected chi connectivity index (χ3v) is 5.03. The second-order valence-electron chi connectivity index (χ2n) is 7.21. The van der Waals surface area contributed by atoms with Crippen molar-refractivity contribution in [3.8, 4) is 0 Å². The molecule has 0 saturated heterocycles. The summed E-state index contributed by atoms with van der Waals surface area (Å²) < 4.78 is 0. The number of carbonyl (C=O) groups is 5. The summed E-state index contributed by atoms with van der Waals surface area (Å²) >= 11 is 1.47. The minimum atomic E-state index is -1.61. The van der Waals surface area contributed by atoms with Crippen LogP contribution in [0, 0.1) is 0 Å². The summed E-state index contributed by atoms with van der Waals surface area (Å²) in [5.74, 6) is -4.48. The van der Waals surface area contributed by atoms with Gasteiger partial charge >= 0.3 is 5.97 Å². The average molecular weight is 507 g/mol. The number of aliphatic hydroxyl groups excluding tert-OH is 1. The molecule has 0 radical (unpaired) electrons. The van der Waals surface area contributed by atoms with Crippen molar-refractivity contribution in [2.75, 3.05) is 25.2 Å². The zero-order valence-electron chi connectivity index (χ0n) is 18.9. The number of thioether (sulfide) groups is 1. The lowest BCUT2D eigenvalue weighted by Crippen LogP contribution is -2.58. The molecule has 0 bridgehead atoms. The predicted molar refractivity (Wildman–Crippen MR) is 125 cm³/mol. The Labute approximate surface area is 200 Å². The van der Waals surface area contributed by atoms with Crippen LogP contribution in [0.2, 0.25) is 0 Å². The van der Waals surface area contributed by atoms with Crippen LogP contribution in [0.3, 0.4) is 0 Å². The Morgan fingerprint density at radius 1 is 0.912 bits per heavy atom. The number of aliphatic imine (C=N–C) groups is 1. The third-order valence-electron chi connectivity index (χ3n) is 4.38. The highest BCUT2D eigenvalue weighted by molar-refractivity contribution is 7.98. The molecule has 0 fully saturated rings. The van der Waals surface area contributed by atoms with Crippen LogP contribution in [-0.2, 0) is 24.0 Å². The summed E-state index contributed by atoms with van der Waals surface area (Å²) in [6.45, 7) is -0.778. The van der Waals surface area contributed by atoms with Gasteiger partial charge in [-0.05, 0) is 31.3 Å². The Bertz CT molecular complexity index is 748. The van der Waals surface area contributed by atoms with Crippen molar-refractivity contribution in [3.05, 3.63) is 0 Å². The fraction of sp³-hybridized carbons (Fsp3) is 0.667. The average Bonchev–Trinajstić information content (AvgIpc) is 2.75. The number of carboxylic acids is 1. The van der Waals surface area contributed by atoms with Gasteiger partial charge < -0.3 is 49.1 Å². The summed E-state index contributed by atoms with van der Waals surface area (Å²) in [5.41, 5.74) is 21.5. The number of nitrogens with one attached hydrogen (secondary N) is 3. The monoisotopic (exact) mass is 506 g/mol. The van der Waals surface area contributed by atoms with Crippen molar-refractivity contribution in [3.63, 3.8) is 0 Å². The molecule has 194 valence electrons. The lowest BCUT2D eigenvalue weighted by atomic mass is 10.1. The molecule has 0 aromatic heterocycles. The first-order chi connectivity index (χ1) is 15.9. The topological polar surface area (TPSA) is 278 Å². The summed E-state index contributed by atoms with van der Waals surface area (Å²) in [6, 6.07) is -5.27. The van der Waals surface area contributed by atoms with E-state index < -0.39 is 66.8 Å². The number of carboxylic acid groups (broad SMARTS) is 1. The van der Waals surface area contributed by atoms with E-state index in [0.29, 0.717) is 12.2 Å². The number of guanidine groups is 1. The first-order valence-corrected chi connectivity index (χ1v) is 11.6. The molecule has 4 atom stereocenters. The molecule has 16 heteroatoms. The zero-order chi connectivity index (χ0) is 26.3. The van der Waals surface area contributed by atoms with Gasteiger partial charge in [-0.3, -0.25) is 24.2 Å². The number of aliphatic carboxylic acids is 1. The minimum absolute atomic E-state index is 0.0312. The second kappa shape index (κ2) is 16.5. The highest BCUT2D eigenvalue weighted by Gasteiger charge is 2.30. The van der Waals surface area contributed by atoms with Crippen LogP contribution >= 0.6 is 11.8 Å². The van der Waals surface area contributed by atoms with Gasteiger partial charge in [-0.25, -0.2) is 4.79 Å². The van der Waals surface area contributed by atoms with Gasteiger partial charge in [0, 0.05) is 6.54 Å². The van der Waals surface area contributed by atoms with Crippen molar-refractivity contribution in [1.82, 2.24) is 16.0 Å². The number of nitrogens with zero attached hydrogens (tertiary/aromatic N) is 1. The number of rotatable bonds is 17. The van der Waals surface area contributed by atoms with Gasteiger partial charge in [0.25, 0.3) is 0 Å². The normalized spacial score (nSPS) is 14.1. The molecule has 34 heavy (non-hydrogen) atoms. The predicted octanol–water partition coefficient (Wildman–Crippen LogP) is -4.47.